The van der Waals surface area contributed by atoms with E-state index in [1.165, 1.54) is 24.3 Å². The van der Waals surface area contributed by atoms with Crippen LogP contribution in [0.2, 0.25) is 0 Å². The van der Waals surface area contributed by atoms with Gasteiger partial charge in [-0.3, -0.25) is 15.0 Å². The van der Waals surface area contributed by atoms with Gasteiger partial charge in [0, 0.05) is 17.7 Å². The normalized spacial score (nSPS) is 26.3. The van der Waals surface area contributed by atoms with E-state index in [2.05, 4.69) is 0 Å². The largest absolute Gasteiger partial charge is 0.269 e. The van der Waals surface area contributed by atoms with E-state index in [0.29, 0.717) is 5.56 Å². The lowest BCUT2D eigenvalue weighted by atomic mass is 10.1. The molecular formula is C12H16N2O5S. The Kier molecular flexibility index (Phi) is 3.16. The highest BCUT2D eigenvalue weighted by Crippen LogP contribution is 2.49. The molecule has 1 aromatic carbocycles. The molecule has 1 aliphatic heterocycles. The van der Waals surface area contributed by atoms with Crippen LogP contribution in [0.15, 0.2) is 24.3 Å². The van der Waals surface area contributed by atoms with E-state index < -0.39 is 25.4 Å². The number of hydroxylamine groups is 1. The number of hydrogen-bond donors (Lipinski definition) is 0. The fraction of sp³-hybridized carbons (Fsp3) is 0.500. The molecule has 0 saturated carbocycles. The van der Waals surface area contributed by atoms with E-state index in [4.69, 9.17) is 4.84 Å². The molecule has 1 saturated heterocycles. The summed E-state index contributed by atoms with van der Waals surface area (Å²) in [6.07, 6.45) is 0. The van der Waals surface area contributed by atoms with Gasteiger partial charge in [-0.1, -0.05) is 0 Å². The van der Waals surface area contributed by atoms with Crippen molar-refractivity contribution in [2.45, 2.75) is 38.2 Å². The van der Waals surface area contributed by atoms with Crippen molar-refractivity contribution in [2.75, 3.05) is 0 Å². The van der Waals surface area contributed by atoms with Gasteiger partial charge in [-0.05, 0) is 44.3 Å². The van der Waals surface area contributed by atoms with Gasteiger partial charge in [-0.15, -0.1) is 0 Å². The number of hydrogen-bond acceptors (Lipinski definition) is 5. The molecule has 0 N–H and O–H groups in total. The molecule has 1 aromatic rings. The van der Waals surface area contributed by atoms with Crippen molar-refractivity contribution in [1.29, 1.82) is 0 Å². The first-order valence-electron chi connectivity index (χ1n) is 5.99. The van der Waals surface area contributed by atoms with Gasteiger partial charge in [0.25, 0.3) is 5.69 Å². The zero-order valence-corrected chi connectivity index (χ0v) is 12.5. The molecule has 8 heteroatoms. The molecule has 7 nitrogen and oxygen atoms in total. The predicted octanol–water partition coefficient (Wildman–Crippen LogP) is 2.14. The summed E-state index contributed by atoms with van der Waals surface area (Å²) in [6, 6.07) is 5.64. The summed E-state index contributed by atoms with van der Waals surface area (Å²) >= 11 is 0. The molecule has 0 radical (unpaired) electrons. The molecule has 1 fully saturated rings. The lowest BCUT2D eigenvalue weighted by molar-refractivity contribution is -0.384. The zero-order valence-electron chi connectivity index (χ0n) is 11.7. The van der Waals surface area contributed by atoms with Gasteiger partial charge >= 0.3 is 0 Å². The summed E-state index contributed by atoms with van der Waals surface area (Å²) in [7, 11) is -3.61. The summed E-state index contributed by atoms with van der Waals surface area (Å²) < 4.78 is 24.5. The third-order valence-corrected chi connectivity index (χ3v) is 5.59. The minimum atomic E-state index is -3.61. The number of nitrogens with zero attached hydrogens (tertiary/aromatic N) is 2. The Morgan fingerprint density at radius 3 is 2.15 bits per heavy atom. The monoisotopic (exact) mass is 300 g/mol. The van der Waals surface area contributed by atoms with Crippen LogP contribution < -0.4 is 0 Å². The minimum Gasteiger partial charge on any atom is -0.258 e. The maximum absolute atomic E-state index is 12.3. The molecule has 0 spiro atoms. The van der Waals surface area contributed by atoms with Crippen molar-refractivity contribution in [3.05, 3.63) is 39.9 Å². The Labute approximate surface area is 117 Å². The maximum Gasteiger partial charge on any atom is 0.269 e. The van der Waals surface area contributed by atoms with Gasteiger partial charge in [0.2, 0.25) is 15.7 Å². The van der Waals surface area contributed by atoms with Crippen molar-refractivity contribution in [2.24, 2.45) is 0 Å². The highest BCUT2D eigenvalue weighted by molar-refractivity contribution is 7.90. The number of rotatable bonds is 3. The van der Waals surface area contributed by atoms with Crippen LogP contribution in [0.4, 0.5) is 5.69 Å². The number of sulfonamides is 1. The first kappa shape index (κ1) is 14.9. The number of non-ortho nitro benzene ring substituents is 1. The molecule has 110 valence electrons. The third kappa shape index (κ3) is 2.19. The standard InChI is InChI=1S/C12H16N2O5S/c1-11(2,3)20(17,18)14-12(4,19-14)9-5-7-10(8-6-9)13(15)16/h5-8H,1-4H3. The van der Waals surface area contributed by atoms with E-state index in [-0.39, 0.29) is 5.69 Å². The van der Waals surface area contributed by atoms with Gasteiger partial charge in [-0.2, -0.15) is 0 Å². The van der Waals surface area contributed by atoms with Crippen molar-refractivity contribution in [3.8, 4) is 0 Å². The Bertz CT molecular complexity index is 647. The van der Waals surface area contributed by atoms with Gasteiger partial charge in [-0.25, -0.2) is 8.42 Å². The van der Waals surface area contributed by atoms with E-state index in [0.717, 1.165) is 4.47 Å². The van der Waals surface area contributed by atoms with Crippen LogP contribution in [-0.2, 0) is 20.6 Å². The van der Waals surface area contributed by atoms with E-state index in [1.807, 2.05) is 0 Å². The molecule has 20 heavy (non-hydrogen) atoms. The zero-order chi connectivity index (χ0) is 15.3. The van der Waals surface area contributed by atoms with Crippen molar-refractivity contribution < 1.29 is 18.2 Å². The summed E-state index contributed by atoms with van der Waals surface area (Å²) in [5.74, 6) is 0. The van der Waals surface area contributed by atoms with Crippen molar-refractivity contribution >= 4 is 15.7 Å². The summed E-state index contributed by atoms with van der Waals surface area (Å²) in [5.41, 5.74) is -0.597. The van der Waals surface area contributed by atoms with Gasteiger partial charge in [0.1, 0.15) is 0 Å². The first-order chi connectivity index (χ1) is 9.00. The fourth-order valence-electron chi connectivity index (χ4n) is 1.72. The third-order valence-electron chi connectivity index (χ3n) is 3.18. The average Bonchev–Trinajstić information content (AvgIpc) is 3.02. The molecule has 1 aliphatic rings. The molecule has 0 aliphatic carbocycles. The number of benzene rings is 1. The highest BCUT2D eigenvalue weighted by Gasteiger charge is 2.62. The van der Waals surface area contributed by atoms with Crippen LogP contribution in [0.5, 0.6) is 0 Å². The van der Waals surface area contributed by atoms with Gasteiger partial charge in [0.05, 0.1) is 9.67 Å². The fourth-order valence-corrected chi connectivity index (χ4v) is 3.02. The van der Waals surface area contributed by atoms with Crippen LogP contribution in [0, 0.1) is 10.1 Å². The Morgan fingerprint density at radius 2 is 1.75 bits per heavy atom. The molecule has 2 unspecified atom stereocenters. The van der Waals surface area contributed by atoms with E-state index in [9.17, 15) is 18.5 Å². The van der Waals surface area contributed by atoms with E-state index >= 15 is 0 Å². The summed E-state index contributed by atoms with van der Waals surface area (Å²) in [4.78, 5) is 15.3. The van der Waals surface area contributed by atoms with Crippen molar-refractivity contribution in [3.63, 3.8) is 0 Å². The van der Waals surface area contributed by atoms with Crippen LogP contribution >= 0.6 is 0 Å². The first-order valence-corrected chi connectivity index (χ1v) is 7.43. The Hall–Kier alpha value is -1.51. The number of nitro benzene ring substituents is 1. The molecule has 2 rings (SSSR count). The van der Waals surface area contributed by atoms with Crippen LogP contribution in [0.3, 0.4) is 0 Å². The van der Waals surface area contributed by atoms with Gasteiger partial charge in [0.15, 0.2) is 0 Å². The van der Waals surface area contributed by atoms with E-state index in [1.54, 1.807) is 27.7 Å². The molecule has 1 heterocycles. The quantitative estimate of drug-likeness (QED) is 0.484. The number of nitro groups is 1. The van der Waals surface area contributed by atoms with Crippen LogP contribution in [0.1, 0.15) is 33.3 Å². The minimum absolute atomic E-state index is 0.0526. The second kappa shape index (κ2) is 4.24. The Morgan fingerprint density at radius 1 is 1.25 bits per heavy atom. The van der Waals surface area contributed by atoms with Crippen molar-refractivity contribution in [1.82, 2.24) is 4.47 Å². The average molecular weight is 300 g/mol. The predicted molar refractivity (Wildman–Crippen MR) is 72.0 cm³/mol. The lowest BCUT2D eigenvalue weighted by Crippen LogP contribution is -2.35. The molecule has 0 bridgehead atoms. The second-order valence-electron chi connectivity index (χ2n) is 5.72. The van der Waals surface area contributed by atoms with Crippen LogP contribution in [-0.4, -0.2) is 22.6 Å². The SMILES string of the molecule is CC1(c2ccc([N+](=O)[O-])cc2)ON1S(=O)(=O)C(C)(C)C. The molecular weight excluding hydrogens is 284 g/mol. The Balaban J connectivity index is 2.30. The van der Waals surface area contributed by atoms with Crippen LogP contribution in [0.25, 0.3) is 0 Å². The molecule has 0 aromatic heterocycles. The lowest BCUT2D eigenvalue weighted by Gasteiger charge is -2.19. The highest BCUT2D eigenvalue weighted by atomic mass is 32.2. The molecule has 2 atom stereocenters. The van der Waals surface area contributed by atoms with Gasteiger partial charge < -0.3 is 0 Å². The summed E-state index contributed by atoms with van der Waals surface area (Å²) in [5, 5.41) is 10.6. The summed E-state index contributed by atoms with van der Waals surface area (Å²) in [6.45, 7) is 6.36. The molecule has 0 amide bonds. The maximum atomic E-state index is 12.3. The topological polar surface area (TPSA) is 92.8 Å². The second-order valence-corrected chi connectivity index (χ2v) is 8.23. The smallest absolute Gasteiger partial charge is 0.258 e.